The zero-order valence-corrected chi connectivity index (χ0v) is 12.9. The number of fused-ring (bicyclic) bond motifs is 3. The van der Waals surface area contributed by atoms with Crippen molar-refractivity contribution in [2.24, 2.45) is 0 Å². The molecule has 2 aromatic rings. The minimum absolute atomic E-state index is 0.0783. The van der Waals surface area contributed by atoms with Gasteiger partial charge in [0, 0.05) is 25.0 Å². The van der Waals surface area contributed by atoms with E-state index in [9.17, 15) is 19.2 Å². The van der Waals surface area contributed by atoms with Gasteiger partial charge >= 0.3 is 6.03 Å². The van der Waals surface area contributed by atoms with E-state index in [4.69, 9.17) is 0 Å². The molecule has 2 aliphatic rings. The maximum Gasteiger partial charge on any atom is 0.331 e. The SMILES string of the molecule is CN1C(=O)NC(=O)/C(=C2/C(=O)c3cccnc3-c3ncccc32)C1=O. The molecular formula is C17H10N4O4. The molecule has 1 fully saturated rings. The van der Waals surface area contributed by atoms with Crippen LogP contribution >= 0.6 is 0 Å². The van der Waals surface area contributed by atoms with Crippen LogP contribution in [0.2, 0.25) is 0 Å². The van der Waals surface area contributed by atoms with Gasteiger partial charge in [-0.1, -0.05) is 6.07 Å². The first-order valence-electron chi connectivity index (χ1n) is 7.34. The second kappa shape index (κ2) is 5.17. The predicted octanol–water partition coefficient (Wildman–Crippen LogP) is 0.802. The van der Waals surface area contributed by atoms with Gasteiger partial charge in [-0.15, -0.1) is 0 Å². The van der Waals surface area contributed by atoms with E-state index in [1.54, 1.807) is 24.3 Å². The van der Waals surface area contributed by atoms with Crippen LogP contribution < -0.4 is 5.32 Å². The number of ketones is 1. The average Bonchev–Trinajstić information content (AvgIpc) is 2.62. The van der Waals surface area contributed by atoms with Crippen molar-refractivity contribution < 1.29 is 19.2 Å². The average molecular weight is 334 g/mol. The van der Waals surface area contributed by atoms with Crippen LogP contribution in [0.5, 0.6) is 0 Å². The highest BCUT2D eigenvalue weighted by Crippen LogP contribution is 2.38. The molecule has 4 amide bonds. The summed E-state index contributed by atoms with van der Waals surface area (Å²) in [7, 11) is 1.23. The Bertz CT molecular complexity index is 1020. The van der Waals surface area contributed by atoms with Gasteiger partial charge in [0.1, 0.15) is 11.3 Å². The normalized spacial score (nSPS) is 19.5. The van der Waals surface area contributed by atoms with Crippen LogP contribution in [0.25, 0.3) is 17.0 Å². The molecule has 1 N–H and O–H groups in total. The molecule has 0 atom stereocenters. The largest absolute Gasteiger partial charge is 0.331 e. The van der Waals surface area contributed by atoms with E-state index in [2.05, 4.69) is 15.3 Å². The van der Waals surface area contributed by atoms with E-state index in [0.29, 0.717) is 17.0 Å². The summed E-state index contributed by atoms with van der Waals surface area (Å²) in [6.45, 7) is 0. The molecule has 1 aliphatic heterocycles. The number of barbiturate groups is 1. The Kier molecular flexibility index (Phi) is 3.08. The zero-order valence-electron chi connectivity index (χ0n) is 12.9. The minimum Gasteiger partial charge on any atom is -0.288 e. The van der Waals surface area contributed by atoms with Gasteiger partial charge in [0.2, 0.25) is 0 Å². The van der Waals surface area contributed by atoms with Gasteiger partial charge in [0.25, 0.3) is 11.8 Å². The van der Waals surface area contributed by atoms with Crippen molar-refractivity contribution in [1.29, 1.82) is 0 Å². The number of pyridine rings is 2. The number of amides is 4. The van der Waals surface area contributed by atoms with Crippen molar-refractivity contribution >= 4 is 29.2 Å². The molecule has 1 saturated heterocycles. The van der Waals surface area contributed by atoms with Crippen LogP contribution in [0.15, 0.2) is 42.2 Å². The van der Waals surface area contributed by atoms with E-state index in [-0.39, 0.29) is 16.7 Å². The second-order valence-electron chi connectivity index (χ2n) is 5.50. The number of hydrogen-bond donors (Lipinski definition) is 1. The summed E-state index contributed by atoms with van der Waals surface area (Å²) in [4.78, 5) is 58.6. The maximum atomic E-state index is 13.0. The Labute approximate surface area is 141 Å². The summed E-state index contributed by atoms with van der Waals surface area (Å²) in [6.07, 6.45) is 3.07. The standard InChI is InChI=1S/C17H10N4O4/c1-21-16(24)11(15(23)20-17(21)25)10-8-4-2-6-18-12(8)13-9(14(10)22)5-3-7-19-13/h2-7H,1H3,(H,20,23,25)/b11-10-. The number of urea groups is 1. The van der Waals surface area contributed by atoms with Gasteiger partial charge in [-0.2, -0.15) is 0 Å². The zero-order chi connectivity index (χ0) is 17.7. The number of carbonyl (C=O) groups is 4. The molecule has 3 heterocycles. The Morgan fingerprint density at radius 2 is 1.48 bits per heavy atom. The Morgan fingerprint density at radius 1 is 0.880 bits per heavy atom. The highest BCUT2D eigenvalue weighted by molar-refractivity contribution is 6.44. The summed E-state index contributed by atoms with van der Waals surface area (Å²) in [5, 5.41) is 2.06. The van der Waals surface area contributed by atoms with Gasteiger partial charge in [0.15, 0.2) is 5.78 Å². The number of nitrogens with zero attached hydrogens (tertiary/aromatic N) is 3. The van der Waals surface area contributed by atoms with Crippen LogP contribution in [0.3, 0.4) is 0 Å². The van der Waals surface area contributed by atoms with Crippen LogP contribution in [0.4, 0.5) is 4.79 Å². The quantitative estimate of drug-likeness (QED) is 0.564. The van der Waals surface area contributed by atoms with Crippen LogP contribution in [-0.2, 0) is 9.59 Å². The second-order valence-corrected chi connectivity index (χ2v) is 5.50. The lowest BCUT2D eigenvalue weighted by Crippen LogP contribution is -2.53. The molecule has 0 unspecified atom stereocenters. The summed E-state index contributed by atoms with van der Waals surface area (Å²) in [5.74, 6) is -2.25. The van der Waals surface area contributed by atoms with E-state index in [0.717, 1.165) is 4.90 Å². The van der Waals surface area contributed by atoms with Crippen LogP contribution in [0, 0.1) is 0 Å². The number of allylic oxidation sites excluding steroid dienone is 1. The smallest absolute Gasteiger partial charge is 0.288 e. The fourth-order valence-electron chi connectivity index (χ4n) is 2.90. The predicted molar refractivity (Wildman–Crippen MR) is 85.0 cm³/mol. The number of aromatic nitrogens is 2. The molecule has 8 nitrogen and oxygen atoms in total. The first-order valence-corrected chi connectivity index (χ1v) is 7.34. The fraction of sp³-hybridized carbons (Fsp3) is 0.0588. The molecule has 25 heavy (non-hydrogen) atoms. The molecule has 1 aliphatic carbocycles. The monoisotopic (exact) mass is 334 g/mol. The van der Waals surface area contributed by atoms with Crippen molar-refractivity contribution in [3.63, 3.8) is 0 Å². The number of carbonyl (C=O) groups excluding carboxylic acids is 4. The van der Waals surface area contributed by atoms with E-state index < -0.39 is 23.6 Å². The summed E-state index contributed by atoms with van der Waals surface area (Å²) >= 11 is 0. The van der Waals surface area contributed by atoms with Crippen molar-refractivity contribution in [2.75, 3.05) is 7.05 Å². The molecule has 122 valence electrons. The molecule has 8 heteroatoms. The molecule has 0 spiro atoms. The molecule has 0 saturated carbocycles. The van der Waals surface area contributed by atoms with Crippen molar-refractivity contribution in [3.05, 3.63) is 53.4 Å². The highest BCUT2D eigenvalue weighted by atomic mass is 16.2. The van der Waals surface area contributed by atoms with E-state index >= 15 is 0 Å². The van der Waals surface area contributed by atoms with Crippen LogP contribution in [0.1, 0.15) is 15.9 Å². The topological polar surface area (TPSA) is 109 Å². The summed E-state index contributed by atoms with van der Waals surface area (Å²) < 4.78 is 0. The molecule has 4 rings (SSSR count). The van der Waals surface area contributed by atoms with Crippen molar-refractivity contribution in [2.45, 2.75) is 0 Å². The van der Waals surface area contributed by atoms with E-state index in [1.807, 2.05) is 0 Å². The molecule has 0 bridgehead atoms. The third-order valence-electron chi connectivity index (χ3n) is 4.10. The molecule has 0 aromatic carbocycles. The number of hydrogen-bond acceptors (Lipinski definition) is 6. The third kappa shape index (κ3) is 2.01. The molecule has 2 aromatic heterocycles. The highest BCUT2D eigenvalue weighted by Gasteiger charge is 2.41. The summed E-state index contributed by atoms with van der Waals surface area (Å²) in [5.41, 5.74) is 0.915. The van der Waals surface area contributed by atoms with E-state index in [1.165, 1.54) is 19.4 Å². The van der Waals surface area contributed by atoms with Gasteiger partial charge in [0.05, 0.1) is 16.8 Å². The lowest BCUT2D eigenvalue weighted by molar-refractivity contribution is -0.129. The van der Waals surface area contributed by atoms with Crippen molar-refractivity contribution in [1.82, 2.24) is 20.2 Å². The maximum absolute atomic E-state index is 13.0. The minimum atomic E-state index is -0.904. The number of nitrogens with one attached hydrogen (secondary N) is 1. The van der Waals surface area contributed by atoms with Gasteiger partial charge in [-0.25, -0.2) is 4.79 Å². The lowest BCUT2D eigenvalue weighted by atomic mass is 9.83. The Morgan fingerprint density at radius 3 is 2.16 bits per heavy atom. The van der Waals surface area contributed by atoms with Gasteiger partial charge < -0.3 is 0 Å². The Hall–Kier alpha value is -3.68. The van der Waals surface area contributed by atoms with Gasteiger partial charge in [-0.3, -0.25) is 34.6 Å². The molecular weight excluding hydrogens is 324 g/mol. The number of imide groups is 2. The lowest BCUT2D eigenvalue weighted by Gasteiger charge is -2.26. The van der Waals surface area contributed by atoms with Crippen molar-refractivity contribution in [3.8, 4) is 11.4 Å². The summed E-state index contributed by atoms with van der Waals surface area (Å²) in [6, 6.07) is 5.50. The first-order chi connectivity index (χ1) is 12.0. The first kappa shape index (κ1) is 14.9. The number of rotatable bonds is 0. The van der Waals surface area contributed by atoms with Gasteiger partial charge in [-0.05, 0) is 18.2 Å². The Balaban J connectivity index is 2.06. The third-order valence-corrected chi connectivity index (χ3v) is 4.10. The molecule has 0 radical (unpaired) electrons. The van der Waals surface area contributed by atoms with Crippen LogP contribution in [-0.4, -0.2) is 45.5 Å². The number of likely N-dealkylation sites (N-methyl/N-ethyl adjacent to an activating group) is 1. The fourth-order valence-corrected chi connectivity index (χ4v) is 2.90. The number of Topliss-reactive ketones (excluding diaryl/α,β-unsaturated/α-hetero) is 1.